The molecule has 0 saturated heterocycles. The Kier molecular flexibility index (Phi) is 20.4. The smallest absolute Gasteiger partial charge is 0.135 e. The number of carbonyl (C=O) groups is 1. The van der Waals surface area contributed by atoms with Crippen LogP contribution in [0.3, 0.4) is 0 Å². The van der Waals surface area contributed by atoms with Crippen LogP contribution in [0.25, 0.3) is 0 Å². The molecule has 0 aliphatic heterocycles. The number of aliphatic hydroxyl groups is 1. The van der Waals surface area contributed by atoms with Crippen molar-refractivity contribution in [2.75, 3.05) is 0 Å². The van der Waals surface area contributed by atoms with Gasteiger partial charge in [0, 0.05) is 12.3 Å². The molecule has 0 rings (SSSR count). The first kappa shape index (κ1) is 25.9. The fraction of sp³-hybridized carbons (Fsp3) is 0.955. The molecule has 2 heteroatoms. The van der Waals surface area contributed by atoms with Crippen LogP contribution >= 0.6 is 0 Å². The Labute approximate surface area is 152 Å². The van der Waals surface area contributed by atoms with Gasteiger partial charge in [-0.05, 0) is 38.0 Å². The maximum atomic E-state index is 11.5. The molecule has 0 aromatic heterocycles. The highest BCUT2D eigenvalue weighted by Crippen LogP contribution is 2.19. The molecule has 24 heavy (non-hydrogen) atoms. The van der Waals surface area contributed by atoms with Crippen LogP contribution < -0.4 is 0 Å². The summed E-state index contributed by atoms with van der Waals surface area (Å²) >= 11 is 0. The number of rotatable bonds is 14. The molecule has 3 atom stereocenters. The second kappa shape index (κ2) is 19.0. The summed E-state index contributed by atoms with van der Waals surface area (Å²) in [6, 6.07) is 0. The molecule has 0 aromatic rings. The lowest BCUT2D eigenvalue weighted by atomic mass is 9.91. The molecule has 2 nitrogen and oxygen atoms in total. The van der Waals surface area contributed by atoms with Gasteiger partial charge in [0.05, 0.1) is 6.10 Å². The van der Waals surface area contributed by atoms with Gasteiger partial charge in [-0.3, -0.25) is 4.79 Å². The van der Waals surface area contributed by atoms with Crippen molar-refractivity contribution in [3.8, 4) is 0 Å². The molecule has 0 bridgehead atoms. The number of ketones is 1. The van der Waals surface area contributed by atoms with E-state index >= 15 is 0 Å². The molecule has 146 valence electrons. The number of carbonyl (C=O) groups excluding carboxylic acids is 1. The highest BCUT2D eigenvalue weighted by molar-refractivity contribution is 5.80. The topological polar surface area (TPSA) is 37.3 Å². The zero-order chi connectivity index (χ0) is 18.8. The molecule has 0 radical (unpaired) electrons. The summed E-state index contributed by atoms with van der Waals surface area (Å²) in [7, 11) is 0. The number of Topliss-reactive ketones (excluding diaryl/α,β-unsaturated/α-hetero) is 1. The van der Waals surface area contributed by atoms with Gasteiger partial charge in [-0.1, -0.05) is 80.1 Å². The van der Waals surface area contributed by atoms with Crippen LogP contribution in [-0.2, 0) is 4.79 Å². The summed E-state index contributed by atoms with van der Waals surface area (Å²) in [5.41, 5.74) is 0. The molecule has 0 amide bonds. The van der Waals surface area contributed by atoms with Crippen molar-refractivity contribution in [3.05, 3.63) is 0 Å². The first-order chi connectivity index (χ1) is 11.5. The van der Waals surface area contributed by atoms with Crippen LogP contribution in [-0.4, -0.2) is 17.0 Å². The zero-order valence-electron chi connectivity index (χ0n) is 17.6. The predicted octanol–water partition coefficient (Wildman–Crippen LogP) is 6.94. The molecule has 0 saturated carbocycles. The minimum atomic E-state index is -0.0495. The fourth-order valence-electron chi connectivity index (χ4n) is 3.16. The molecule has 0 aromatic carbocycles. The highest BCUT2D eigenvalue weighted by Gasteiger charge is 2.15. The third-order valence-corrected chi connectivity index (χ3v) is 4.93. The van der Waals surface area contributed by atoms with Gasteiger partial charge in [0.2, 0.25) is 0 Å². The van der Waals surface area contributed by atoms with Gasteiger partial charge < -0.3 is 5.11 Å². The Morgan fingerprint density at radius 3 is 1.75 bits per heavy atom. The lowest BCUT2D eigenvalue weighted by molar-refractivity contribution is -0.123. The Balaban J connectivity index is 0. The summed E-state index contributed by atoms with van der Waals surface area (Å²) in [6.07, 6.45) is 13.2. The summed E-state index contributed by atoms with van der Waals surface area (Å²) in [4.78, 5) is 11.5. The number of hydrogen-bond acceptors (Lipinski definition) is 2. The Morgan fingerprint density at radius 2 is 1.33 bits per heavy atom. The average molecular weight is 343 g/mol. The SMILES string of the molecule is CCCCC(CC)C(=O)CCC.CCCCC(CC)C(O)CCC. The molecule has 0 aliphatic rings. The van der Waals surface area contributed by atoms with E-state index in [-0.39, 0.29) is 6.10 Å². The number of hydrogen-bond donors (Lipinski definition) is 1. The Bertz CT molecular complexity index is 263. The van der Waals surface area contributed by atoms with Gasteiger partial charge in [-0.15, -0.1) is 0 Å². The standard InChI is InChI=1S/C11H24O.C11H22O/c2*1-4-7-9-10(6-3)11(12)8-5-2/h10-12H,4-9H2,1-3H3;10H,4-9H2,1-3H3. The van der Waals surface area contributed by atoms with Gasteiger partial charge in [0.15, 0.2) is 0 Å². The van der Waals surface area contributed by atoms with Gasteiger partial charge in [0.25, 0.3) is 0 Å². The van der Waals surface area contributed by atoms with Crippen molar-refractivity contribution in [2.45, 2.75) is 125 Å². The highest BCUT2D eigenvalue weighted by atomic mass is 16.3. The van der Waals surface area contributed by atoms with Crippen LogP contribution in [0.4, 0.5) is 0 Å². The molecular weight excluding hydrogens is 296 g/mol. The first-order valence-corrected chi connectivity index (χ1v) is 10.7. The summed E-state index contributed by atoms with van der Waals surface area (Å²) in [5.74, 6) is 1.38. The molecule has 0 spiro atoms. The number of unbranched alkanes of at least 4 members (excludes halogenated alkanes) is 2. The molecule has 3 unspecified atom stereocenters. The van der Waals surface area contributed by atoms with Gasteiger partial charge in [-0.25, -0.2) is 0 Å². The van der Waals surface area contributed by atoms with Crippen LogP contribution in [0.5, 0.6) is 0 Å². The van der Waals surface area contributed by atoms with E-state index in [4.69, 9.17) is 0 Å². The van der Waals surface area contributed by atoms with Gasteiger partial charge in [0.1, 0.15) is 5.78 Å². The Morgan fingerprint density at radius 1 is 0.750 bits per heavy atom. The van der Waals surface area contributed by atoms with E-state index in [9.17, 15) is 9.90 Å². The summed E-state index contributed by atoms with van der Waals surface area (Å²) < 4.78 is 0. The van der Waals surface area contributed by atoms with Crippen LogP contribution in [0.15, 0.2) is 0 Å². The normalized spacial score (nSPS) is 14.5. The van der Waals surface area contributed by atoms with E-state index < -0.39 is 0 Å². The monoisotopic (exact) mass is 342 g/mol. The van der Waals surface area contributed by atoms with E-state index in [0.29, 0.717) is 17.6 Å². The van der Waals surface area contributed by atoms with Crippen molar-refractivity contribution >= 4 is 5.78 Å². The van der Waals surface area contributed by atoms with Crippen molar-refractivity contribution in [1.82, 2.24) is 0 Å². The minimum Gasteiger partial charge on any atom is -0.393 e. The maximum Gasteiger partial charge on any atom is 0.135 e. The fourth-order valence-corrected chi connectivity index (χ4v) is 3.16. The predicted molar refractivity (Wildman–Crippen MR) is 107 cm³/mol. The van der Waals surface area contributed by atoms with E-state index in [2.05, 4.69) is 41.5 Å². The van der Waals surface area contributed by atoms with Crippen molar-refractivity contribution in [2.24, 2.45) is 11.8 Å². The second-order valence-electron chi connectivity index (χ2n) is 7.13. The maximum absolute atomic E-state index is 11.5. The molecular formula is C22H46O2. The third kappa shape index (κ3) is 14.0. The minimum absolute atomic E-state index is 0.0495. The van der Waals surface area contributed by atoms with Gasteiger partial charge >= 0.3 is 0 Å². The van der Waals surface area contributed by atoms with E-state index in [1.807, 2.05) is 0 Å². The van der Waals surface area contributed by atoms with Crippen LogP contribution in [0, 0.1) is 11.8 Å². The van der Waals surface area contributed by atoms with Crippen LogP contribution in [0.2, 0.25) is 0 Å². The molecule has 0 heterocycles. The molecule has 1 N–H and O–H groups in total. The van der Waals surface area contributed by atoms with E-state index in [1.54, 1.807) is 0 Å². The largest absolute Gasteiger partial charge is 0.393 e. The van der Waals surface area contributed by atoms with Crippen LogP contribution in [0.1, 0.15) is 119 Å². The molecule has 0 fully saturated rings. The van der Waals surface area contributed by atoms with Crippen molar-refractivity contribution in [1.29, 1.82) is 0 Å². The lowest BCUT2D eigenvalue weighted by Gasteiger charge is -2.20. The van der Waals surface area contributed by atoms with Crippen molar-refractivity contribution < 1.29 is 9.90 Å². The Hall–Kier alpha value is -0.370. The van der Waals surface area contributed by atoms with E-state index in [1.165, 1.54) is 32.1 Å². The number of aliphatic hydroxyl groups excluding tert-OH is 1. The average Bonchev–Trinajstić information content (AvgIpc) is 2.57. The quantitative estimate of drug-likeness (QED) is 0.371. The second-order valence-corrected chi connectivity index (χ2v) is 7.13. The molecule has 0 aliphatic carbocycles. The lowest BCUT2D eigenvalue weighted by Crippen LogP contribution is -2.19. The van der Waals surface area contributed by atoms with Crippen molar-refractivity contribution in [3.63, 3.8) is 0 Å². The first-order valence-electron chi connectivity index (χ1n) is 10.7. The van der Waals surface area contributed by atoms with Gasteiger partial charge in [-0.2, -0.15) is 0 Å². The third-order valence-electron chi connectivity index (χ3n) is 4.93. The summed E-state index contributed by atoms with van der Waals surface area (Å²) in [6.45, 7) is 12.9. The zero-order valence-corrected chi connectivity index (χ0v) is 17.6. The summed E-state index contributed by atoms with van der Waals surface area (Å²) in [5, 5.41) is 9.74. The van der Waals surface area contributed by atoms with E-state index in [0.717, 1.165) is 44.9 Å².